The highest BCUT2D eigenvalue weighted by atomic mass is 32.2. The Morgan fingerprint density at radius 2 is 1.14 bits per heavy atom. The second-order valence-corrected chi connectivity index (χ2v) is 6.07. The molecule has 4 nitrogen and oxygen atoms in total. The summed E-state index contributed by atoms with van der Waals surface area (Å²) in [5.41, 5.74) is 0. The van der Waals surface area contributed by atoms with Crippen molar-refractivity contribution >= 4 is 33.9 Å². The molecule has 22 heavy (non-hydrogen) atoms. The van der Waals surface area contributed by atoms with Crippen molar-refractivity contribution in [1.29, 1.82) is 0 Å². The van der Waals surface area contributed by atoms with Gasteiger partial charge in [0.05, 0.1) is 13.1 Å². The van der Waals surface area contributed by atoms with Gasteiger partial charge in [0, 0.05) is 24.6 Å². The first-order valence-electron chi connectivity index (χ1n) is 7.04. The predicted octanol–water partition coefficient (Wildman–Crippen LogP) is 3.09. The van der Waals surface area contributed by atoms with Crippen LogP contribution in [0.4, 0.5) is 0 Å². The molecule has 0 aliphatic carbocycles. The molecule has 0 aliphatic rings. The first-order chi connectivity index (χ1) is 10.8. The Bertz CT molecular complexity index is 365. The van der Waals surface area contributed by atoms with E-state index in [0.29, 0.717) is 26.2 Å². The Balaban J connectivity index is 4.20. The van der Waals surface area contributed by atoms with Gasteiger partial charge in [-0.25, -0.2) is 0 Å². The molecule has 0 unspecified atom stereocenters. The van der Waals surface area contributed by atoms with Crippen LogP contribution in [0.5, 0.6) is 0 Å². The van der Waals surface area contributed by atoms with Gasteiger partial charge in [0.1, 0.15) is 0 Å². The summed E-state index contributed by atoms with van der Waals surface area (Å²) in [6.45, 7) is 17.4. The third-order valence-corrected chi connectivity index (χ3v) is 4.25. The number of hydrogen-bond acceptors (Lipinski definition) is 4. The third kappa shape index (κ3) is 12.3. The quantitative estimate of drug-likeness (QED) is 0.263. The molecule has 0 fully saturated rings. The van der Waals surface area contributed by atoms with Crippen LogP contribution in [0.15, 0.2) is 60.6 Å². The third-order valence-electron chi connectivity index (χ3n) is 2.08. The van der Waals surface area contributed by atoms with Crippen molar-refractivity contribution in [3.63, 3.8) is 0 Å². The van der Waals surface area contributed by atoms with Crippen LogP contribution >= 0.6 is 23.5 Å². The van der Waals surface area contributed by atoms with E-state index in [1.54, 1.807) is 35.7 Å². The van der Waals surface area contributed by atoms with E-state index >= 15 is 0 Å². The minimum absolute atomic E-state index is 0.618. The molecule has 2 N–H and O–H groups in total. The van der Waals surface area contributed by atoms with Gasteiger partial charge in [-0.1, -0.05) is 47.8 Å². The van der Waals surface area contributed by atoms with Gasteiger partial charge in [0.15, 0.2) is 10.3 Å². The van der Waals surface area contributed by atoms with Gasteiger partial charge in [-0.05, 0) is 0 Å². The smallest absolute Gasteiger partial charge is 0.157 e. The molecule has 0 amide bonds. The van der Waals surface area contributed by atoms with Gasteiger partial charge in [-0.3, -0.25) is 9.98 Å². The fraction of sp³-hybridized carbons (Fsp3) is 0.375. The molecule has 0 aromatic rings. The van der Waals surface area contributed by atoms with Crippen molar-refractivity contribution in [2.75, 3.05) is 37.7 Å². The molecule has 0 radical (unpaired) electrons. The lowest BCUT2D eigenvalue weighted by atomic mass is 10.6. The zero-order chi connectivity index (χ0) is 16.5. The molecule has 0 heterocycles. The van der Waals surface area contributed by atoms with Gasteiger partial charge in [-0.15, -0.1) is 26.3 Å². The summed E-state index contributed by atoms with van der Waals surface area (Å²) in [5.74, 6) is 1.88. The van der Waals surface area contributed by atoms with Crippen molar-refractivity contribution in [2.24, 2.45) is 9.98 Å². The average molecular weight is 339 g/mol. The maximum Gasteiger partial charge on any atom is 0.157 e. The van der Waals surface area contributed by atoms with Gasteiger partial charge in [0.2, 0.25) is 0 Å². The van der Waals surface area contributed by atoms with E-state index in [1.165, 1.54) is 0 Å². The summed E-state index contributed by atoms with van der Waals surface area (Å²) < 4.78 is 0. The largest absolute Gasteiger partial charge is 0.361 e. The summed E-state index contributed by atoms with van der Waals surface area (Å²) in [5, 5.41) is 8.29. The summed E-state index contributed by atoms with van der Waals surface area (Å²) in [4.78, 5) is 8.83. The van der Waals surface area contributed by atoms with Gasteiger partial charge in [-0.2, -0.15) is 0 Å². The molecule has 0 spiro atoms. The van der Waals surface area contributed by atoms with Crippen LogP contribution in [-0.2, 0) is 0 Å². The Morgan fingerprint density at radius 1 is 0.727 bits per heavy atom. The minimum Gasteiger partial charge on any atom is -0.361 e. The summed E-state index contributed by atoms with van der Waals surface area (Å²) in [7, 11) is 0. The van der Waals surface area contributed by atoms with Crippen LogP contribution in [0, 0.1) is 0 Å². The molecule has 6 heteroatoms. The molecule has 0 bridgehead atoms. The highest BCUT2D eigenvalue weighted by Crippen LogP contribution is 2.09. The molecular formula is C16H26N4S2. The molecule has 0 saturated heterocycles. The highest BCUT2D eigenvalue weighted by molar-refractivity contribution is 8.17. The summed E-state index contributed by atoms with van der Waals surface area (Å²) in [6.07, 6.45) is 7.20. The molecule has 122 valence electrons. The van der Waals surface area contributed by atoms with E-state index in [-0.39, 0.29) is 0 Å². The number of nitrogens with zero attached hydrogens (tertiary/aromatic N) is 2. The summed E-state index contributed by atoms with van der Waals surface area (Å²) >= 11 is 3.38. The van der Waals surface area contributed by atoms with Crippen molar-refractivity contribution in [3.05, 3.63) is 50.6 Å². The zero-order valence-electron chi connectivity index (χ0n) is 13.1. The number of thioether (sulfide) groups is 2. The van der Waals surface area contributed by atoms with Gasteiger partial charge >= 0.3 is 0 Å². The monoisotopic (exact) mass is 338 g/mol. The lowest BCUT2D eigenvalue weighted by molar-refractivity contribution is 1.04. The zero-order valence-corrected chi connectivity index (χ0v) is 14.7. The van der Waals surface area contributed by atoms with E-state index in [4.69, 9.17) is 0 Å². The second-order valence-electron chi connectivity index (χ2n) is 3.91. The Kier molecular flexibility index (Phi) is 15.0. The number of rotatable bonds is 11. The van der Waals surface area contributed by atoms with E-state index in [9.17, 15) is 0 Å². The van der Waals surface area contributed by atoms with Crippen LogP contribution in [0.1, 0.15) is 0 Å². The average Bonchev–Trinajstić information content (AvgIpc) is 2.54. The summed E-state index contributed by atoms with van der Waals surface area (Å²) in [6, 6.07) is 0. The Hall–Kier alpha value is -1.40. The first-order valence-corrected chi connectivity index (χ1v) is 9.01. The fourth-order valence-electron chi connectivity index (χ4n) is 1.20. The molecule has 0 aromatic heterocycles. The SMILES string of the molecule is C=CCN=C(NCC=C)SCCSC(=NCC=C)NCC=C. The number of aliphatic imine (C=N–C) groups is 2. The molecule has 0 rings (SSSR count). The predicted molar refractivity (Wildman–Crippen MR) is 106 cm³/mol. The standard InChI is InChI=1S/C16H26N4S2/c1-5-9-17-15(18-10-6-2)21-13-14-22-16(19-11-7-3)20-12-8-4/h5-8H,1-4,9-14H2,(H,17,18)(H,19,20). The van der Waals surface area contributed by atoms with E-state index < -0.39 is 0 Å². The van der Waals surface area contributed by atoms with Crippen LogP contribution < -0.4 is 10.6 Å². The van der Waals surface area contributed by atoms with Crippen molar-refractivity contribution in [2.45, 2.75) is 0 Å². The van der Waals surface area contributed by atoms with Gasteiger partial charge < -0.3 is 10.6 Å². The van der Waals surface area contributed by atoms with Gasteiger partial charge in [0.25, 0.3) is 0 Å². The molecule has 0 aromatic carbocycles. The number of amidine groups is 2. The van der Waals surface area contributed by atoms with Crippen molar-refractivity contribution in [3.8, 4) is 0 Å². The minimum atomic E-state index is 0.618. The van der Waals surface area contributed by atoms with E-state index in [2.05, 4.69) is 46.9 Å². The van der Waals surface area contributed by atoms with Crippen LogP contribution in [-0.4, -0.2) is 48.0 Å². The van der Waals surface area contributed by atoms with Crippen molar-refractivity contribution in [1.82, 2.24) is 10.6 Å². The topological polar surface area (TPSA) is 48.8 Å². The molecular weight excluding hydrogens is 312 g/mol. The normalized spacial score (nSPS) is 11.6. The van der Waals surface area contributed by atoms with Crippen LogP contribution in [0.25, 0.3) is 0 Å². The maximum absolute atomic E-state index is 4.42. The Morgan fingerprint density at radius 3 is 1.45 bits per heavy atom. The molecule has 0 atom stereocenters. The second kappa shape index (κ2) is 16.0. The van der Waals surface area contributed by atoms with E-state index in [1.807, 2.05) is 12.2 Å². The maximum atomic E-state index is 4.42. The number of nitrogens with one attached hydrogen (secondary N) is 2. The molecule has 0 aliphatic heterocycles. The lowest BCUT2D eigenvalue weighted by Crippen LogP contribution is -2.23. The van der Waals surface area contributed by atoms with E-state index in [0.717, 1.165) is 21.8 Å². The molecule has 0 saturated carbocycles. The first kappa shape index (κ1) is 20.6. The Labute approximate surface area is 143 Å². The van der Waals surface area contributed by atoms with Crippen LogP contribution in [0.2, 0.25) is 0 Å². The lowest BCUT2D eigenvalue weighted by Gasteiger charge is -2.09. The fourth-order valence-corrected chi connectivity index (χ4v) is 2.95. The number of hydrogen-bond donors (Lipinski definition) is 2. The highest BCUT2D eigenvalue weighted by Gasteiger charge is 2.02. The van der Waals surface area contributed by atoms with Crippen LogP contribution in [0.3, 0.4) is 0 Å². The van der Waals surface area contributed by atoms with Crippen molar-refractivity contribution < 1.29 is 0 Å².